The quantitative estimate of drug-likeness (QED) is 0.835. The number of rotatable bonds is 1. The Kier molecular flexibility index (Phi) is 4.42. The fraction of sp³-hybridized carbons (Fsp3) is 0.455. The van der Waals surface area contributed by atoms with Gasteiger partial charge in [0, 0.05) is 23.1 Å². The third-order valence-corrected chi connectivity index (χ3v) is 2.56. The second-order valence-electron chi connectivity index (χ2n) is 2.85. The normalized spacial score (nSPS) is 12.9. The van der Waals surface area contributed by atoms with Gasteiger partial charge in [-0.1, -0.05) is 29.8 Å². The molecule has 0 saturated heterocycles. The van der Waals surface area contributed by atoms with Crippen molar-refractivity contribution in [3.05, 3.63) is 27.7 Å². The zero-order chi connectivity index (χ0) is 10.6. The molecule has 2 rings (SSSR count). The van der Waals surface area contributed by atoms with Crippen LogP contribution in [0.25, 0.3) is 0 Å². The maximum absolute atomic E-state index is 5.27. The van der Waals surface area contributed by atoms with Gasteiger partial charge in [0.05, 0.1) is 7.11 Å². The van der Waals surface area contributed by atoms with Crippen molar-refractivity contribution in [3.8, 4) is 5.75 Å². The molecule has 3 heteroatoms. The lowest BCUT2D eigenvalue weighted by molar-refractivity contribution is 0.409. The number of ether oxygens (including phenoxy) is 1. The first-order valence-electron chi connectivity index (χ1n) is 4.87. The van der Waals surface area contributed by atoms with Gasteiger partial charge >= 0.3 is 0 Å². The lowest BCUT2D eigenvalue weighted by Gasteiger charge is -2.06. The summed E-state index contributed by atoms with van der Waals surface area (Å²) >= 11 is 3.45. The molecule has 0 fully saturated rings. The molecule has 2 nitrogen and oxygen atoms in total. The highest BCUT2D eigenvalue weighted by Crippen LogP contribution is 2.30. The molecule has 1 aliphatic rings. The summed E-state index contributed by atoms with van der Waals surface area (Å²) in [7, 11) is 1.71. The Hall–Kier alpha value is -0.540. The lowest BCUT2D eigenvalue weighted by atomic mass is 10.1. The molecule has 14 heavy (non-hydrogen) atoms. The predicted molar refractivity (Wildman–Crippen MR) is 62.6 cm³/mol. The fourth-order valence-corrected chi connectivity index (χ4v) is 2.01. The Morgan fingerprint density at radius 3 is 2.64 bits per heavy atom. The van der Waals surface area contributed by atoms with Crippen LogP contribution in [0, 0.1) is 0 Å². The Balaban J connectivity index is 0.000000461. The largest absolute Gasteiger partial charge is 0.496 e. The average molecular weight is 258 g/mol. The molecule has 0 atom stereocenters. The Labute approximate surface area is 93.8 Å². The second-order valence-corrected chi connectivity index (χ2v) is 3.76. The highest BCUT2D eigenvalue weighted by Gasteiger charge is 2.15. The van der Waals surface area contributed by atoms with Crippen molar-refractivity contribution in [2.75, 3.05) is 7.11 Å². The zero-order valence-corrected chi connectivity index (χ0v) is 10.4. The summed E-state index contributed by atoms with van der Waals surface area (Å²) in [5.74, 6) is 0.976. The van der Waals surface area contributed by atoms with E-state index in [1.54, 1.807) is 7.11 Å². The monoisotopic (exact) mass is 257 g/mol. The van der Waals surface area contributed by atoms with E-state index < -0.39 is 0 Å². The van der Waals surface area contributed by atoms with Gasteiger partial charge < -0.3 is 10.1 Å². The summed E-state index contributed by atoms with van der Waals surface area (Å²) in [5, 5.41) is 3.29. The Bertz CT molecular complexity index is 312. The van der Waals surface area contributed by atoms with Gasteiger partial charge in [-0.15, -0.1) is 0 Å². The summed E-state index contributed by atoms with van der Waals surface area (Å²) in [4.78, 5) is 0. The minimum Gasteiger partial charge on any atom is -0.496 e. The van der Waals surface area contributed by atoms with Gasteiger partial charge in [-0.3, -0.25) is 0 Å². The number of fused-ring (bicyclic) bond motifs is 1. The van der Waals surface area contributed by atoms with Crippen molar-refractivity contribution in [2.45, 2.75) is 26.9 Å². The van der Waals surface area contributed by atoms with Gasteiger partial charge in [0.2, 0.25) is 0 Å². The average Bonchev–Trinajstić information content (AvgIpc) is 2.67. The molecule has 0 bridgehead atoms. The van der Waals surface area contributed by atoms with E-state index in [0.717, 1.165) is 23.3 Å². The lowest BCUT2D eigenvalue weighted by Crippen LogP contribution is -2.00. The summed E-state index contributed by atoms with van der Waals surface area (Å²) < 4.78 is 6.35. The number of methoxy groups -OCH3 is 1. The van der Waals surface area contributed by atoms with Gasteiger partial charge in [-0.25, -0.2) is 0 Å². The first kappa shape index (κ1) is 11.5. The molecule has 0 aromatic heterocycles. The minimum atomic E-state index is 0.922. The van der Waals surface area contributed by atoms with E-state index >= 15 is 0 Å². The highest BCUT2D eigenvalue weighted by molar-refractivity contribution is 9.10. The van der Waals surface area contributed by atoms with E-state index in [1.165, 1.54) is 11.1 Å². The smallest absolute Gasteiger partial charge is 0.124 e. The molecule has 0 unspecified atom stereocenters. The van der Waals surface area contributed by atoms with Crippen molar-refractivity contribution in [1.82, 2.24) is 5.32 Å². The van der Waals surface area contributed by atoms with E-state index in [1.807, 2.05) is 19.9 Å². The number of halogens is 1. The van der Waals surface area contributed by atoms with Crippen molar-refractivity contribution in [2.24, 2.45) is 0 Å². The van der Waals surface area contributed by atoms with Crippen LogP contribution >= 0.6 is 15.9 Å². The molecule has 1 aromatic rings. The van der Waals surface area contributed by atoms with Crippen LogP contribution in [0.2, 0.25) is 0 Å². The summed E-state index contributed by atoms with van der Waals surface area (Å²) in [5.41, 5.74) is 2.63. The third kappa shape index (κ3) is 2.28. The minimum absolute atomic E-state index is 0.922. The van der Waals surface area contributed by atoms with E-state index in [9.17, 15) is 0 Å². The molecule has 1 aromatic carbocycles. The first-order valence-corrected chi connectivity index (χ1v) is 5.66. The Morgan fingerprint density at radius 2 is 2.00 bits per heavy atom. The van der Waals surface area contributed by atoms with Gasteiger partial charge in [0.25, 0.3) is 0 Å². The van der Waals surface area contributed by atoms with Crippen molar-refractivity contribution in [1.29, 1.82) is 0 Å². The molecule has 0 radical (unpaired) electrons. The molecular formula is C11H16BrNO. The molecule has 1 heterocycles. The van der Waals surface area contributed by atoms with E-state index in [0.29, 0.717) is 0 Å². The molecule has 1 N–H and O–H groups in total. The van der Waals surface area contributed by atoms with Crippen LogP contribution in [0.15, 0.2) is 16.6 Å². The predicted octanol–water partition coefficient (Wildman–Crippen LogP) is 3.09. The maximum Gasteiger partial charge on any atom is 0.124 e. The van der Waals surface area contributed by atoms with Crippen LogP contribution in [0.1, 0.15) is 25.0 Å². The van der Waals surface area contributed by atoms with Crippen LogP contribution in [0.4, 0.5) is 0 Å². The summed E-state index contributed by atoms with van der Waals surface area (Å²) in [6, 6.07) is 4.14. The molecule has 0 spiro atoms. The third-order valence-electron chi connectivity index (χ3n) is 2.10. The molecule has 0 aliphatic carbocycles. The zero-order valence-electron chi connectivity index (χ0n) is 8.86. The fourth-order valence-electron chi connectivity index (χ4n) is 1.53. The highest BCUT2D eigenvalue weighted by atomic mass is 79.9. The van der Waals surface area contributed by atoms with Crippen molar-refractivity contribution in [3.63, 3.8) is 0 Å². The van der Waals surface area contributed by atoms with Crippen LogP contribution in [-0.2, 0) is 13.1 Å². The van der Waals surface area contributed by atoms with Crippen LogP contribution in [0.5, 0.6) is 5.75 Å². The Morgan fingerprint density at radius 1 is 1.29 bits per heavy atom. The van der Waals surface area contributed by atoms with E-state index in [-0.39, 0.29) is 0 Å². The standard InChI is InChI=1S/C9H10BrNO.C2H6/c1-12-9-3-7(10)2-6-4-11-5-8(6)9;1-2/h2-3,11H,4-5H2,1H3;1-2H3. The SMILES string of the molecule is CC.COc1cc(Br)cc2c1CNC2. The number of hydrogen-bond donors (Lipinski definition) is 1. The molecule has 1 aliphatic heterocycles. The number of hydrogen-bond acceptors (Lipinski definition) is 2. The second kappa shape index (κ2) is 5.37. The summed E-state index contributed by atoms with van der Waals surface area (Å²) in [6.45, 7) is 5.87. The maximum atomic E-state index is 5.27. The van der Waals surface area contributed by atoms with E-state index in [4.69, 9.17) is 4.74 Å². The first-order chi connectivity index (χ1) is 6.81. The molecule has 0 saturated carbocycles. The van der Waals surface area contributed by atoms with Crippen molar-refractivity contribution >= 4 is 15.9 Å². The van der Waals surface area contributed by atoms with Crippen LogP contribution in [0.3, 0.4) is 0 Å². The van der Waals surface area contributed by atoms with Crippen molar-refractivity contribution < 1.29 is 4.74 Å². The molecule has 78 valence electrons. The number of nitrogens with one attached hydrogen (secondary N) is 1. The van der Waals surface area contributed by atoms with Gasteiger partial charge in [-0.05, 0) is 17.7 Å². The van der Waals surface area contributed by atoms with Crippen LogP contribution < -0.4 is 10.1 Å². The van der Waals surface area contributed by atoms with E-state index in [2.05, 4.69) is 27.3 Å². The van der Waals surface area contributed by atoms with Gasteiger partial charge in [-0.2, -0.15) is 0 Å². The number of benzene rings is 1. The van der Waals surface area contributed by atoms with Gasteiger partial charge in [0.15, 0.2) is 0 Å². The topological polar surface area (TPSA) is 21.3 Å². The molecular weight excluding hydrogens is 242 g/mol. The van der Waals surface area contributed by atoms with Crippen LogP contribution in [-0.4, -0.2) is 7.11 Å². The van der Waals surface area contributed by atoms with Gasteiger partial charge in [0.1, 0.15) is 5.75 Å². The molecule has 0 amide bonds. The summed E-state index contributed by atoms with van der Waals surface area (Å²) in [6.07, 6.45) is 0.